The van der Waals surface area contributed by atoms with Crippen molar-refractivity contribution >= 4 is 34.2 Å². The third kappa shape index (κ3) is 2.30. The van der Waals surface area contributed by atoms with Crippen molar-refractivity contribution in [3.63, 3.8) is 0 Å². The van der Waals surface area contributed by atoms with Crippen molar-refractivity contribution in [1.29, 1.82) is 0 Å². The molecule has 0 spiro atoms. The van der Waals surface area contributed by atoms with E-state index in [1.54, 1.807) is 4.90 Å². The molecule has 1 saturated heterocycles. The lowest BCUT2D eigenvalue weighted by atomic mass is 10.1. The van der Waals surface area contributed by atoms with E-state index in [-0.39, 0.29) is 5.91 Å². The summed E-state index contributed by atoms with van der Waals surface area (Å²) in [6.07, 6.45) is 3.74. The summed E-state index contributed by atoms with van der Waals surface area (Å²) in [7, 11) is 0. The molecule has 5 heteroatoms. The Bertz CT molecular complexity index is 469. The molecule has 0 aromatic heterocycles. The quantitative estimate of drug-likeness (QED) is 0.539. The number of carbonyl (C=O) groups is 1. The van der Waals surface area contributed by atoms with Crippen molar-refractivity contribution in [1.82, 2.24) is 4.90 Å². The Morgan fingerprint density at radius 1 is 1.35 bits per heavy atom. The molecule has 0 radical (unpaired) electrons. The number of allylic oxidation sites excluding steroid dienone is 5. The molecule has 0 bridgehead atoms. The summed E-state index contributed by atoms with van der Waals surface area (Å²) in [5.41, 5.74) is 0.888. The Morgan fingerprint density at radius 2 is 1.94 bits per heavy atom. The summed E-state index contributed by atoms with van der Waals surface area (Å²) >= 11 is 6.54. The number of hydrogen-bond acceptors (Lipinski definition) is 4. The number of nitrogens with zero attached hydrogens (tertiary/aromatic N) is 1. The van der Waals surface area contributed by atoms with Crippen LogP contribution in [-0.2, 0) is 9.53 Å². The standard InChI is InChI=1S/C12H13NO2S2/c1-4-13-11(14)10(17-12(13)16)9-5-7(2)15-8(3)6-9/h5-6H,4H2,1-3H3. The van der Waals surface area contributed by atoms with E-state index in [4.69, 9.17) is 17.0 Å². The van der Waals surface area contributed by atoms with Gasteiger partial charge >= 0.3 is 0 Å². The molecule has 1 fully saturated rings. The highest BCUT2D eigenvalue weighted by atomic mass is 32.2. The van der Waals surface area contributed by atoms with Crippen LogP contribution in [0.5, 0.6) is 0 Å². The van der Waals surface area contributed by atoms with Gasteiger partial charge in [-0.3, -0.25) is 9.69 Å². The number of rotatable bonds is 1. The van der Waals surface area contributed by atoms with Crippen molar-refractivity contribution in [2.75, 3.05) is 6.54 Å². The Balaban J connectivity index is 2.44. The maximum atomic E-state index is 12.1. The normalized spacial score (nSPS) is 20.5. The number of thioether (sulfide) groups is 1. The van der Waals surface area contributed by atoms with Gasteiger partial charge in [-0.15, -0.1) is 0 Å². The Morgan fingerprint density at radius 3 is 2.41 bits per heavy atom. The van der Waals surface area contributed by atoms with Gasteiger partial charge < -0.3 is 4.74 Å². The zero-order valence-corrected chi connectivity index (χ0v) is 11.6. The summed E-state index contributed by atoms with van der Waals surface area (Å²) in [5, 5.41) is 0. The van der Waals surface area contributed by atoms with E-state index < -0.39 is 0 Å². The average molecular weight is 267 g/mol. The molecule has 0 aromatic rings. The van der Waals surface area contributed by atoms with Crippen LogP contribution in [0.2, 0.25) is 0 Å². The van der Waals surface area contributed by atoms with Gasteiger partial charge in [-0.25, -0.2) is 0 Å². The Kier molecular flexibility index (Phi) is 3.40. The van der Waals surface area contributed by atoms with Crippen LogP contribution in [-0.4, -0.2) is 21.7 Å². The van der Waals surface area contributed by atoms with E-state index in [9.17, 15) is 4.79 Å². The van der Waals surface area contributed by atoms with Crippen molar-refractivity contribution in [3.05, 3.63) is 34.1 Å². The van der Waals surface area contributed by atoms with Crippen LogP contribution in [0.3, 0.4) is 0 Å². The predicted molar refractivity (Wildman–Crippen MR) is 73.2 cm³/mol. The van der Waals surface area contributed by atoms with Crippen molar-refractivity contribution < 1.29 is 9.53 Å². The molecule has 2 aliphatic rings. The van der Waals surface area contributed by atoms with Gasteiger partial charge in [0.15, 0.2) is 0 Å². The minimum Gasteiger partial charge on any atom is -0.467 e. The highest BCUT2D eigenvalue weighted by Gasteiger charge is 2.32. The lowest BCUT2D eigenvalue weighted by Gasteiger charge is -2.13. The first-order chi connectivity index (χ1) is 8.02. The zero-order valence-electron chi connectivity index (χ0n) is 9.94. The van der Waals surface area contributed by atoms with Gasteiger partial charge in [0.25, 0.3) is 5.91 Å². The molecule has 0 atom stereocenters. The van der Waals surface area contributed by atoms with Gasteiger partial charge in [-0.05, 0) is 32.9 Å². The SMILES string of the molecule is CCN1C(=O)C(=C2C=C(C)OC(C)=C2)SC1=S. The molecule has 0 unspecified atom stereocenters. The van der Waals surface area contributed by atoms with Crippen molar-refractivity contribution in [3.8, 4) is 0 Å². The lowest BCUT2D eigenvalue weighted by Crippen LogP contribution is -2.27. The summed E-state index contributed by atoms with van der Waals surface area (Å²) in [6.45, 7) is 6.28. The number of ether oxygens (including phenoxy) is 1. The van der Waals surface area contributed by atoms with E-state index in [2.05, 4.69) is 0 Å². The zero-order chi connectivity index (χ0) is 12.6. The maximum absolute atomic E-state index is 12.1. The molecule has 0 N–H and O–H groups in total. The van der Waals surface area contributed by atoms with Gasteiger partial charge in [-0.2, -0.15) is 0 Å². The van der Waals surface area contributed by atoms with Gasteiger partial charge in [0, 0.05) is 12.1 Å². The van der Waals surface area contributed by atoms with E-state index in [1.807, 2.05) is 32.9 Å². The second-order valence-electron chi connectivity index (χ2n) is 3.81. The van der Waals surface area contributed by atoms with Crippen LogP contribution in [0.4, 0.5) is 0 Å². The molecule has 0 aromatic carbocycles. The maximum Gasteiger partial charge on any atom is 0.266 e. The van der Waals surface area contributed by atoms with Crippen LogP contribution >= 0.6 is 24.0 Å². The van der Waals surface area contributed by atoms with Gasteiger partial charge in [-0.1, -0.05) is 24.0 Å². The van der Waals surface area contributed by atoms with Crippen LogP contribution in [0.1, 0.15) is 20.8 Å². The summed E-state index contributed by atoms with van der Waals surface area (Å²) in [5.74, 6) is 1.58. The molecule has 2 rings (SSSR count). The number of likely N-dealkylation sites (N-methyl/N-ethyl adjacent to an activating group) is 1. The van der Waals surface area contributed by atoms with E-state index in [0.29, 0.717) is 15.8 Å². The smallest absolute Gasteiger partial charge is 0.266 e. The highest BCUT2D eigenvalue weighted by molar-refractivity contribution is 8.26. The molecule has 3 nitrogen and oxygen atoms in total. The third-order valence-corrected chi connectivity index (χ3v) is 3.95. The largest absolute Gasteiger partial charge is 0.467 e. The predicted octanol–water partition coefficient (Wildman–Crippen LogP) is 2.96. The third-order valence-electron chi connectivity index (χ3n) is 2.47. The van der Waals surface area contributed by atoms with Crippen LogP contribution in [0.25, 0.3) is 0 Å². The van der Waals surface area contributed by atoms with Crippen molar-refractivity contribution in [2.45, 2.75) is 20.8 Å². The first-order valence-electron chi connectivity index (χ1n) is 5.35. The average Bonchev–Trinajstić information content (AvgIpc) is 2.52. The summed E-state index contributed by atoms with van der Waals surface area (Å²) in [6, 6.07) is 0. The summed E-state index contributed by atoms with van der Waals surface area (Å²) < 4.78 is 6.04. The van der Waals surface area contributed by atoms with Crippen LogP contribution < -0.4 is 0 Å². The van der Waals surface area contributed by atoms with E-state index in [0.717, 1.165) is 17.1 Å². The van der Waals surface area contributed by atoms with Crippen molar-refractivity contribution in [2.24, 2.45) is 0 Å². The minimum absolute atomic E-state index is 0.00694. The molecule has 17 heavy (non-hydrogen) atoms. The lowest BCUT2D eigenvalue weighted by molar-refractivity contribution is -0.122. The first-order valence-corrected chi connectivity index (χ1v) is 6.57. The fourth-order valence-corrected chi connectivity index (χ4v) is 3.16. The Hall–Kier alpha value is -1.07. The second-order valence-corrected chi connectivity index (χ2v) is 5.46. The fourth-order valence-electron chi connectivity index (χ4n) is 1.77. The highest BCUT2D eigenvalue weighted by Crippen LogP contribution is 2.35. The topological polar surface area (TPSA) is 29.5 Å². The van der Waals surface area contributed by atoms with E-state index >= 15 is 0 Å². The van der Waals surface area contributed by atoms with Gasteiger partial charge in [0.1, 0.15) is 15.8 Å². The molecular weight excluding hydrogens is 254 g/mol. The van der Waals surface area contributed by atoms with Gasteiger partial charge in [0.05, 0.1) is 4.91 Å². The molecular formula is C12H13NO2S2. The number of thiocarbonyl (C=S) groups is 1. The molecule has 90 valence electrons. The van der Waals surface area contributed by atoms with Crippen LogP contribution in [0.15, 0.2) is 34.1 Å². The number of carbonyl (C=O) groups excluding carboxylic acids is 1. The monoisotopic (exact) mass is 267 g/mol. The fraction of sp³-hybridized carbons (Fsp3) is 0.333. The van der Waals surface area contributed by atoms with Gasteiger partial charge in [0.2, 0.25) is 0 Å². The number of hydrogen-bond donors (Lipinski definition) is 0. The Labute approximate surface area is 110 Å². The molecule has 0 aliphatic carbocycles. The van der Waals surface area contributed by atoms with Crippen LogP contribution in [0, 0.1) is 0 Å². The molecule has 0 saturated carbocycles. The number of amides is 1. The molecule has 2 aliphatic heterocycles. The molecule has 1 amide bonds. The minimum atomic E-state index is -0.00694. The molecule has 2 heterocycles. The second kappa shape index (κ2) is 4.66. The van der Waals surface area contributed by atoms with E-state index in [1.165, 1.54) is 11.8 Å². The first kappa shape index (κ1) is 12.4. The summed E-state index contributed by atoms with van der Waals surface area (Å²) in [4.78, 5) is 14.4.